The molecule has 6 nitrogen and oxygen atoms in total. The zero-order chi connectivity index (χ0) is 65.3. The minimum Gasteiger partial charge on any atom is -0.458 e. The molecule has 6 heteroatoms. The average Bonchev–Trinajstić information content (AvgIpc) is 1.63. The Balaban J connectivity index is 1.06. The number of imidazole rings is 1. The second-order valence-electron chi connectivity index (χ2n) is 22.4. The van der Waals surface area contributed by atoms with Gasteiger partial charge in [-0.2, -0.15) is 0 Å². The number of fused-ring (bicyclic) bond motifs is 13. The molecule has 0 fully saturated rings. The highest BCUT2D eigenvalue weighted by Gasteiger charge is 2.29. The Kier molecular flexibility index (Phi) is 7.96. The smallest absolute Gasteiger partial charge is 0.269 e. The Hall–Kier alpha value is -9.78. The summed E-state index contributed by atoms with van der Waals surface area (Å²) in [5.74, 6) is 1.65. The summed E-state index contributed by atoms with van der Waals surface area (Å²) in [6.07, 6.45) is 5.48. The van der Waals surface area contributed by atoms with Gasteiger partial charge in [-0.25, -0.2) is 4.98 Å². The number of para-hydroxylation sites is 2. The lowest BCUT2D eigenvalue weighted by atomic mass is 9.79. The number of ether oxygens (including phenoxy) is 1. The van der Waals surface area contributed by atoms with Crippen molar-refractivity contribution >= 4 is 54.8 Å². The van der Waals surface area contributed by atoms with Gasteiger partial charge in [0, 0.05) is 33.8 Å². The Morgan fingerprint density at radius 1 is 0.487 bits per heavy atom. The van der Waals surface area contributed by atoms with E-state index in [0.717, 1.165) is 60.6 Å². The average molecular weight is 1050 g/mol. The second kappa shape index (κ2) is 17.9. The predicted octanol–water partition coefficient (Wildman–Crippen LogP) is 19.1. The molecule has 0 spiro atoms. The molecule has 10 aromatic carbocycles. The van der Waals surface area contributed by atoms with Crippen LogP contribution >= 0.6 is 0 Å². The van der Waals surface area contributed by atoms with Gasteiger partial charge in [0.15, 0.2) is 0 Å². The van der Waals surface area contributed by atoms with Crippen molar-refractivity contribution < 1.29 is 31.5 Å². The minimum atomic E-state index is -0.664. The summed E-state index contributed by atoms with van der Waals surface area (Å²) < 4.78 is 141. The fourth-order valence-corrected chi connectivity index (χ4v) is 11.5. The third-order valence-electron chi connectivity index (χ3n) is 15.4. The summed E-state index contributed by atoms with van der Waals surface area (Å²) >= 11 is 0. The standard InChI is InChI=1S/C74H56N4O2/c1-73(2,3)49-35-36-75-71(40-49)78-65-29-16-14-27-57(65)58-33-32-52(42-67(58)78)79-51-22-18-21-50(41-51)76-45-77-66-44-60(47-31-34-70-62(37-47)59-28-15-17-30-69(59)80-70)64(74(4,5)6)43-61(66)55-25-12-10-23-53(55)54-24-11-13-26-56(54)63-38-48(39-68(76)72(63)77)46-19-8-7-9-20-46/h7-44H,1-6H3/i7D,8D,9D,10D,11D,12D,13D,19D,20D,23D,24D,25D,26D. The highest BCUT2D eigenvalue weighted by molar-refractivity contribution is 6.10. The van der Waals surface area contributed by atoms with Crippen LogP contribution in [0.25, 0.3) is 128 Å². The summed E-state index contributed by atoms with van der Waals surface area (Å²) in [5, 5.41) is 3.78. The monoisotopic (exact) mass is 1050 g/mol. The van der Waals surface area contributed by atoms with E-state index < -0.39 is 84.0 Å². The molecular weight excluding hydrogens is 977 g/mol. The molecule has 4 aromatic heterocycles. The number of hydrogen-bond donors (Lipinski definition) is 0. The van der Waals surface area contributed by atoms with E-state index in [0.29, 0.717) is 34.0 Å². The lowest BCUT2D eigenvalue weighted by molar-refractivity contribution is -0.571. The number of pyridine rings is 1. The number of hydrogen-bond acceptors (Lipinski definition) is 3. The van der Waals surface area contributed by atoms with Gasteiger partial charge in [-0.15, -0.1) is 0 Å². The zero-order valence-electron chi connectivity index (χ0n) is 57.5. The van der Waals surface area contributed by atoms with Gasteiger partial charge in [-0.3, -0.25) is 13.7 Å². The molecule has 1 aliphatic rings. The van der Waals surface area contributed by atoms with E-state index in [-0.39, 0.29) is 61.0 Å². The lowest BCUT2D eigenvalue weighted by Crippen LogP contribution is -2.31. The van der Waals surface area contributed by atoms with Gasteiger partial charge in [0.1, 0.15) is 28.5 Å². The molecule has 0 saturated carbocycles. The second-order valence-corrected chi connectivity index (χ2v) is 22.4. The van der Waals surface area contributed by atoms with Gasteiger partial charge in [-0.05, 0) is 156 Å². The number of rotatable bonds is 6. The van der Waals surface area contributed by atoms with Crippen LogP contribution < -0.4 is 9.30 Å². The van der Waals surface area contributed by atoms with Gasteiger partial charge in [0.2, 0.25) is 0 Å². The van der Waals surface area contributed by atoms with E-state index in [1.165, 1.54) is 6.07 Å². The first-order valence-electron chi connectivity index (χ1n) is 33.0. The first kappa shape index (κ1) is 35.6. The summed E-state index contributed by atoms with van der Waals surface area (Å²) in [6, 6.07) is 38.7. The van der Waals surface area contributed by atoms with Crippen molar-refractivity contribution in [2.75, 3.05) is 0 Å². The molecular formula is C74H56N4O2. The van der Waals surface area contributed by atoms with Gasteiger partial charge in [0.05, 0.1) is 51.3 Å². The normalized spacial score (nSPS) is 14.7. The Morgan fingerprint density at radius 2 is 1.18 bits per heavy atom. The molecule has 5 heterocycles. The van der Waals surface area contributed by atoms with Crippen LogP contribution in [0.3, 0.4) is 0 Å². The van der Waals surface area contributed by atoms with Crippen LogP contribution in [-0.2, 0) is 10.8 Å². The topological polar surface area (TPSA) is 49.0 Å². The maximum atomic E-state index is 9.99. The van der Waals surface area contributed by atoms with Crippen molar-refractivity contribution in [2.45, 2.75) is 52.4 Å². The minimum absolute atomic E-state index is 0.0415. The molecule has 0 atom stereocenters. The molecule has 0 saturated heterocycles. The summed E-state index contributed by atoms with van der Waals surface area (Å²) in [6.45, 7) is 12.6. The van der Waals surface area contributed by atoms with E-state index in [9.17, 15) is 13.7 Å². The molecule has 15 rings (SSSR count). The molecule has 0 aliphatic carbocycles. The van der Waals surface area contributed by atoms with Crippen LogP contribution in [0.2, 0.25) is 0 Å². The molecule has 0 bridgehead atoms. The van der Waals surface area contributed by atoms with Gasteiger partial charge in [-0.1, -0.05) is 181 Å². The number of furan rings is 1. The molecule has 0 radical (unpaired) electrons. The van der Waals surface area contributed by atoms with Crippen molar-refractivity contribution in [3.05, 3.63) is 248 Å². The maximum Gasteiger partial charge on any atom is 0.269 e. The van der Waals surface area contributed by atoms with Crippen LogP contribution in [-0.4, -0.2) is 14.1 Å². The van der Waals surface area contributed by atoms with E-state index in [1.807, 2.05) is 136 Å². The fraction of sp³-hybridized carbons (Fsp3) is 0.108. The van der Waals surface area contributed by atoms with Crippen LogP contribution in [0.5, 0.6) is 11.5 Å². The molecule has 14 aromatic rings. The van der Waals surface area contributed by atoms with Gasteiger partial charge >= 0.3 is 0 Å². The highest BCUT2D eigenvalue weighted by Crippen LogP contribution is 2.48. The van der Waals surface area contributed by atoms with Crippen molar-refractivity contribution in [3.8, 4) is 84.3 Å². The first-order valence-corrected chi connectivity index (χ1v) is 26.5. The largest absolute Gasteiger partial charge is 0.458 e. The fourth-order valence-electron chi connectivity index (χ4n) is 11.5. The molecule has 0 unspecified atom stereocenters. The molecule has 384 valence electrons. The Morgan fingerprint density at radius 3 is 1.95 bits per heavy atom. The van der Waals surface area contributed by atoms with Crippen LogP contribution in [0.1, 0.15) is 70.5 Å². The van der Waals surface area contributed by atoms with E-state index in [2.05, 4.69) is 55.9 Å². The molecule has 80 heavy (non-hydrogen) atoms. The third-order valence-corrected chi connectivity index (χ3v) is 15.4. The maximum absolute atomic E-state index is 9.99. The third kappa shape index (κ3) is 7.69. The lowest BCUT2D eigenvalue weighted by Gasteiger charge is -2.27. The van der Waals surface area contributed by atoms with E-state index >= 15 is 0 Å². The molecule has 1 aliphatic heterocycles. The molecule has 0 N–H and O–H groups in total. The van der Waals surface area contributed by atoms with E-state index in [1.54, 1.807) is 15.2 Å². The number of aromatic nitrogens is 4. The molecule has 0 amide bonds. The summed E-state index contributed by atoms with van der Waals surface area (Å²) in [4.78, 5) is 4.88. The predicted molar refractivity (Wildman–Crippen MR) is 328 cm³/mol. The Bertz CT molecular complexity index is 5610. The van der Waals surface area contributed by atoms with Crippen LogP contribution in [0, 0.1) is 6.33 Å². The highest BCUT2D eigenvalue weighted by atomic mass is 16.5. The van der Waals surface area contributed by atoms with E-state index in [4.69, 9.17) is 18.3 Å². The number of nitrogens with zero attached hydrogens (tertiary/aromatic N) is 4. The summed E-state index contributed by atoms with van der Waals surface area (Å²) in [5.41, 5.74) is 6.73. The zero-order valence-corrected chi connectivity index (χ0v) is 44.5. The van der Waals surface area contributed by atoms with Crippen molar-refractivity contribution in [1.82, 2.24) is 14.1 Å². The quantitative estimate of drug-likeness (QED) is 0.123. The van der Waals surface area contributed by atoms with Crippen molar-refractivity contribution in [1.29, 1.82) is 0 Å². The van der Waals surface area contributed by atoms with Crippen molar-refractivity contribution in [2.24, 2.45) is 0 Å². The SMILES string of the molecule is [2H]c1c([2H])c([2H])c(-c2cc3c4c(c2)n(-c2cccc(Oc5ccc6c7ccccc7n(-c7cc(C(C)(C)C)ccn7)c6c5)c2)[c-][n+]4-c2cc(-c4ccc5oc6ccccc6c5c4)c(C(C)(C)C)cc2-c2c([2H])c([2H])c([2H])c([2H])c2-c2c([2H])c([2H])c([2H])c([2H])c2-3)c([2H])c1[2H]. The first-order chi connectivity index (χ1) is 44.3. The summed E-state index contributed by atoms with van der Waals surface area (Å²) in [7, 11) is 0. The number of benzene rings is 10. The van der Waals surface area contributed by atoms with Gasteiger partial charge < -0.3 is 9.15 Å². The van der Waals surface area contributed by atoms with Crippen LogP contribution in [0.4, 0.5) is 0 Å². The van der Waals surface area contributed by atoms with Gasteiger partial charge in [0.25, 0.3) is 6.33 Å². The Labute approximate surface area is 483 Å². The van der Waals surface area contributed by atoms with Crippen LogP contribution in [0.15, 0.2) is 235 Å². The van der Waals surface area contributed by atoms with Crippen molar-refractivity contribution in [3.63, 3.8) is 0 Å².